The van der Waals surface area contributed by atoms with E-state index in [9.17, 15) is 9.59 Å². The average molecular weight is 502 g/mol. The van der Waals surface area contributed by atoms with Crippen molar-refractivity contribution in [3.8, 4) is 0 Å². The third kappa shape index (κ3) is 5.61. The molecule has 0 aliphatic carbocycles. The van der Waals surface area contributed by atoms with Crippen molar-refractivity contribution in [2.45, 2.75) is 13.2 Å². The summed E-state index contributed by atoms with van der Waals surface area (Å²) in [6, 6.07) is 12.9. The number of carbonyl (C=O) groups excluding carboxylic acids is 2. The lowest BCUT2D eigenvalue weighted by Gasteiger charge is -2.30. The normalized spacial score (nSPS) is 15.3. The first-order chi connectivity index (χ1) is 18.0. The summed E-state index contributed by atoms with van der Waals surface area (Å²) in [5.41, 5.74) is 4.29. The van der Waals surface area contributed by atoms with E-state index in [1.807, 2.05) is 43.3 Å². The molecule has 2 aromatic heterocycles. The van der Waals surface area contributed by atoms with E-state index < -0.39 is 0 Å². The number of rotatable bonds is 8. The summed E-state index contributed by atoms with van der Waals surface area (Å²) in [5, 5.41) is 6.29. The van der Waals surface area contributed by atoms with Gasteiger partial charge >= 0.3 is 0 Å². The summed E-state index contributed by atoms with van der Waals surface area (Å²) >= 11 is 0. The van der Waals surface area contributed by atoms with Crippen LogP contribution in [0.25, 0.3) is 0 Å². The van der Waals surface area contributed by atoms with Crippen LogP contribution in [0.1, 0.15) is 32.0 Å². The molecule has 0 unspecified atom stereocenters. The van der Waals surface area contributed by atoms with Gasteiger partial charge in [0.2, 0.25) is 0 Å². The van der Waals surface area contributed by atoms with Crippen LogP contribution in [0.3, 0.4) is 0 Å². The van der Waals surface area contributed by atoms with Crippen molar-refractivity contribution in [2.24, 2.45) is 0 Å². The predicted molar refractivity (Wildman–Crippen MR) is 142 cm³/mol. The van der Waals surface area contributed by atoms with Gasteiger partial charge in [-0.15, -0.1) is 0 Å². The number of hydrogen-bond donors (Lipinski definition) is 2. The number of nitrogens with zero attached hydrogens (tertiary/aromatic N) is 5. The van der Waals surface area contributed by atoms with Gasteiger partial charge in [0.1, 0.15) is 11.5 Å². The maximum atomic E-state index is 13.2. The van der Waals surface area contributed by atoms with Crippen LogP contribution in [0.15, 0.2) is 54.9 Å². The third-order valence-corrected chi connectivity index (χ3v) is 6.34. The second-order valence-electron chi connectivity index (χ2n) is 9.41. The first-order valence-corrected chi connectivity index (χ1v) is 12.3. The number of anilines is 3. The van der Waals surface area contributed by atoms with Gasteiger partial charge in [0.25, 0.3) is 11.8 Å². The van der Waals surface area contributed by atoms with Crippen LogP contribution in [0.4, 0.5) is 17.2 Å². The number of fused-ring (bicyclic) bond motifs is 1. The molecule has 4 heterocycles. The molecule has 0 bridgehead atoms. The monoisotopic (exact) mass is 501 g/mol. The number of carbonyl (C=O) groups is 2. The number of ether oxygens (including phenoxy) is 1. The zero-order valence-corrected chi connectivity index (χ0v) is 21.1. The summed E-state index contributed by atoms with van der Waals surface area (Å²) in [6.45, 7) is 4.80. The zero-order chi connectivity index (χ0) is 25.8. The smallest absolute Gasteiger partial charge is 0.274 e. The summed E-state index contributed by atoms with van der Waals surface area (Å²) in [5.74, 6) is -0.0498. The van der Waals surface area contributed by atoms with E-state index in [-0.39, 0.29) is 17.5 Å². The molecule has 192 valence electrons. The molecule has 2 aliphatic rings. The predicted octanol–water partition coefficient (Wildman–Crippen LogP) is 2.33. The van der Waals surface area contributed by atoms with Crippen molar-refractivity contribution in [1.82, 2.24) is 20.2 Å². The molecule has 2 amide bonds. The van der Waals surface area contributed by atoms with Gasteiger partial charge in [-0.3, -0.25) is 24.4 Å². The van der Waals surface area contributed by atoms with E-state index >= 15 is 0 Å². The molecule has 10 nitrogen and oxygen atoms in total. The fraction of sp³-hybridized carbons (Fsp3) is 0.333. The summed E-state index contributed by atoms with van der Waals surface area (Å²) in [4.78, 5) is 40.9. The maximum Gasteiger partial charge on any atom is 0.274 e. The van der Waals surface area contributed by atoms with E-state index in [1.165, 1.54) is 0 Å². The standard InChI is InChI=1S/C27H31N7O3/c1-32(2)18-37-17-19-6-7-20-16-34(27(36)21(20)14-19)25-5-3-4-22(30-25)26(35)31-23-15-29-9-8-24(23)33-12-10-28-11-13-33/h3-9,14-15,28H,10-13,16-18H2,1-2H3,(H,31,35). The summed E-state index contributed by atoms with van der Waals surface area (Å²) in [6.07, 6.45) is 3.38. The number of benzene rings is 1. The fourth-order valence-electron chi connectivity index (χ4n) is 4.52. The van der Waals surface area contributed by atoms with Crippen molar-refractivity contribution in [3.63, 3.8) is 0 Å². The second-order valence-corrected chi connectivity index (χ2v) is 9.41. The number of nitrogens with one attached hydrogen (secondary N) is 2. The number of aromatic nitrogens is 2. The van der Waals surface area contributed by atoms with Crippen molar-refractivity contribution in [1.29, 1.82) is 0 Å². The Morgan fingerprint density at radius 2 is 2.00 bits per heavy atom. The van der Waals surface area contributed by atoms with Gasteiger partial charge < -0.3 is 20.3 Å². The Morgan fingerprint density at radius 3 is 2.81 bits per heavy atom. The third-order valence-electron chi connectivity index (χ3n) is 6.34. The quantitative estimate of drug-likeness (QED) is 0.454. The molecular weight excluding hydrogens is 470 g/mol. The first-order valence-electron chi connectivity index (χ1n) is 12.3. The van der Waals surface area contributed by atoms with Crippen LogP contribution in [0, 0.1) is 0 Å². The Kier molecular flexibility index (Phi) is 7.40. The largest absolute Gasteiger partial charge is 0.367 e. The van der Waals surface area contributed by atoms with Crippen LogP contribution in [0.2, 0.25) is 0 Å². The highest BCUT2D eigenvalue weighted by Gasteiger charge is 2.30. The highest BCUT2D eigenvalue weighted by atomic mass is 16.5. The Hall–Kier alpha value is -3.86. The lowest BCUT2D eigenvalue weighted by molar-refractivity contribution is 0.0450. The van der Waals surface area contributed by atoms with Gasteiger partial charge in [-0.25, -0.2) is 4.98 Å². The SMILES string of the molecule is CN(C)COCc1ccc2c(c1)C(=O)N(c1cccc(C(=O)Nc3cnccc3N3CCNCC3)n1)C2. The molecule has 0 spiro atoms. The van der Waals surface area contributed by atoms with E-state index in [1.54, 1.807) is 35.5 Å². The van der Waals surface area contributed by atoms with Crippen LogP contribution in [-0.4, -0.2) is 73.7 Å². The molecular formula is C27H31N7O3. The molecule has 10 heteroatoms. The van der Waals surface area contributed by atoms with Gasteiger partial charge in [0.05, 0.1) is 37.5 Å². The molecule has 2 aliphatic heterocycles. The topological polar surface area (TPSA) is 103 Å². The molecule has 0 radical (unpaired) electrons. The molecule has 37 heavy (non-hydrogen) atoms. The summed E-state index contributed by atoms with van der Waals surface area (Å²) in [7, 11) is 3.88. The Bertz CT molecular complexity index is 1290. The van der Waals surface area contributed by atoms with Gasteiger partial charge in [-0.05, 0) is 49.5 Å². The Morgan fingerprint density at radius 1 is 1.16 bits per heavy atom. The molecule has 1 fully saturated rings. The van der Waals surface area contributed by atoms with E-state index in [4.69, 9.17) is 4.74 Å². The number of piperazine rings is 1. The minimum absolute atomic E-state index is 0.136. The summed E-state index contributed by atoms with van der Waals surface area (Å²) < 4.78 is 5.66. The fourth-order valence-corrected chi connectivity index (χ4v) is 4.52. The Balaban J connectivity index is 1.30. The number of hydrogen-bond acceptors (Lipinski definition) is 8. The van der Waals surface area contributed by atoms with Crippen LogP contribution in [-0.2, 0) is 17.9 Å². The minimum Gasteiger partial charge on any atom is -0.367 e. The van der Waals surface area contributed by atoms with Crippen LogP contribution in [0.5, 0.6) is 0 Å². The van der Waals surface area contributed by atoms with E-state index in [2.05, 4.69) is 25.5 Å². The average Bonchev–Trinajstić information content (AvgIpc) is 3.25. The lowest BCUT2D eigenvalue weighted by Crippen LogP contribution is -2.43. The van der Waals surface area contributed by atoms with Crippen LogP contribution < -0.4 is 20.4 Å². The van der Waals surface area contributed by atoms with Gasteiger partial charge in [-0.1, -0.05) is 18.2 Å². The lowest BCUT2D eigenvalue weighted by atomic mass is 10.1. The van der Waals surface area contributed by atoms with E-state index in [0.29, 0.717) is 37.0 Å². The highest BCUT2D eigenvalue weighted by Crippen LogP contribution is 2.29. The highest BCUT2D eigenvalue weighted by molar-refractivity contribution is 6.10. The van der Waals surface area contributed by atoms with Crippen molar-refractivity contribution in [3.05, 3.63) is 77.2 Å². The molecule has 3 aromatic rings. The van der Waals surface area contributed by atoms with Gasteiger partial charge in [0.15, 0.2) is 0 Å². The zero-order valence-electron chi connectivity index (χ0n) is 21.1. The molecule has 0 saturated carbocycles. The van der Waals surface area contributed by atoms with Crippen molar-refractivity contribution < 1.29 is 14.3 Å². The van der Waals surface area contributed by atoms with Gasteiger partial charge in [-0.2, -0.15) is 0 Å². The number of amides is 2. The molecule has 1 aromatic carbocycles. The van der Waals surface area contributed by atoms with Crippen molar-refractivity contribution in [2.75, 3.05) is 62.1 Å². The maximum absolute atomic E-state index is 13.2. The molecule has 5 rings (SSSR count). The molecule has 0 atom stereocenters. The first kappa shape index (κ1) is 24.8. The Labute approximate surface area is 216 Å². The second kappa shape index (κ2) is 11.0. The van der Waals surface area contributed by atoms with Crippen molar-refractivity contribution >= 4 is 29.0 Å². The van der Waals surface area contributed by atoms with E-state index in [0.717, 1.165) is 43.0 Å². The minimum atomic E-state index is -0.351. The molecule has 1 saturated heterocycles. The van der Waals surface area contributed by atoms with Crippen LogP contribution >= 0.6 is 0 Å². The van der Waals surface area contributed by atoms with Gasteiger partial charge in [0, 0.05) is 37.9 Å². The molecule has 2 N–H and O–H groups in total. The number of pyridine rings is 2.